The summed E-state index contributed by atoms with van der Waals surface area (Å²) in [6, 6.07) is 1.41. The summed E-state index contributed by atoms with van der Waals surface area (Å²) in [5, 5.41) is 21.2. The van der Waals surface area contributed by atoms with Gasteiger partial charge < -0.3 is 14.9 Å². The number of aromatic amines is 1. The first kappa shape index (κ1) is 14.8. The zero-order valence-corrected chi connectivity index (χ0v) is 13.8. The van der Waals surface area contributed by atoms with Crippen LogP contribution in [0.5, 0.6) is 17.5 Å². The van der Waals surface area contributed by atoms with Gasteiger partial charge in [-0.1, -0.05) is 13.8 Å². The van der Waals surface area contributed by atoms with Crippen LogP contribution in [0.15, 0.2) is 15.7 Å². The van der Waals surface area contributed by atoms with Gasteiger partial charge in [-0.25, -0.2) is 0 Å². The van der Waals surface area contributed by atoms with E-state index in [2.05, 4.69) is 4.98 Å². The lowest BCUT2D eigenvalue weighted by Crippen LogP contribution is -2.32. The van der Waals surface area contributed by atoms with Gasteiger partial charge in [0.05, 0.1) is 16.3 Å². The number of ether oxygens (including phenoxy) is 1. The predicted molar refractivity (Wildman–Crippen MR) is 90.7 cm³/mol. The molecule has 0 fully saturated rings. The Balaban J connectivity index is 2.45. The van der Waals surface area contributed by atoms with Crippen LogP contribution in [-0.2, 0) is 5.41 Å². The molecule has 1 aromatic heterocycles. The molecule has 1 atom stereocenters. The van der Waals surface area contributed by atoms with E-state index in [1.165, 1.54) is 6.07 Å². The van der Waals surface area contributed by atoms with Gasteiger partial charge in [-0.2, -0.15) is 0 Å². The average Bonchev–Trinajstić information content (AvgIpc) is 2.68. The standard InChI is InChI=1S/C18H17NO5/c1-6-5-8(20)10-11-9(6)15-13(18(3,4)7(2)24-15)14(21)12(11)17(23)19-16(10)22/h5,7,19,22-23H,1-4H3/t7-/m0/s1. The van der Waals surface area contributed by atoms with Crippen molar-refractivity contribution in [2.75, 3.05) is 0 Å². The number of hydrogen-bond donors (Lipinski definition) is 3. The topological polar surface area (TPSA) is 99.6 Å². The molecule has 0 saturated carbocycles. The van der Waals surface area contributed by atoms with E-state index in [0.29, 0.717) is 22.3 Å². The smallest absolute Gasteiger partial charge is 0.203 e. The maximum atomic E-state index is 13.1. The molecule has 3 N–H and O–H groups in total. The number of fused-ring (bicyclic) bond motifs is 2. The SMILES string of the molecule is Cc1cc(=O)c2c(O)[nH]c(O)c3c(=O)c4c(c1c23)O[C@@H](C)C4(C)C. The minimum absolute atomic E-state index is 0.00995. The van der Waals surface area contributed by atoms with Crippen LogP contribution in [-0.4, -0.2) is 21.3 Å². The molecule has 0 bridgehead atoms. The second-order valence-corrected chi connectivity index (χ2v) is 7.03. The zero-order valence-electron chi connectivity index (χ0n) is 13.8. The molecule has 6 heteroatoms. The lowest BCUT2D eigenvalue weighted by molar-refractivity contribution is 0.187. The first-order valence-corrected chi connectivity index (χ1v) is 7.74. The van der Waals surface area contributed by atoms with Crippen molar-refractivity contribution in [2.45, 2.75) is 39.2 Å². The summed E-state index contributed by atoms with van der Waals surface area (Å²) in [6.07, 6.45) is -0.234. The fraction of sp³-hybridized carbons (Fsp3) is 0.333. The number of aromatic hydroxyl groups is 2. The van der Waals surface area contributed by atoms with Gasteiger partial charge in [0.25, 0.3) is 0 Å². The van der Waals surface area contributed by atoms with Crippen LogP contribution in [0.4, 0.5) is 0 Å². The van der Waals surface area contributed by atoms with Crippen molar-refractivity contribution in [1.82, 2.24) is 4.98 Å². The van der Waals surface area contributed by atoms with Crippen LogP contribution in [0.1, 0.15) is 31.9 Å². The average molecular weight is 327 g/mol. The number of hydrogen-bond acceptors (Lipinski definition) is 5. The second-order valence-electron chi connectivity index (χ2n) is 7.03. The monoisotopic (exact) mass is 327 g/mol. The van der Waals surface area contributed by atoms with E-state index in [0.717, 1.165) is 0 Å². The number of aromatic nitrogens is 1. The van der Waals surface area contributed by atoms with Gasteiger partial charge in [0, 0.05) is 16.2 Å². The summed E-state index contributed by atoms with van der Waals surface area (Å²) in [5.41, 5.74) is -0.203. The normalized spacial score (nSPS) is 18.9. The molecule has 0 saturated heterocycles. The Labute approximate surface area is 136 Å². The van der Waals surface area contributed by atoms with Crippen LogP contribution in [0.2, 0.25) is 0 Å². The number of pyridine rings is 1. The van der Waals surface area contributed by atoms with Crippen molar-refractivity contribution in [3.8, 4) is 17.5 Å². The quantitative estimate of drug-likeness (QED) is 0.588. The highest BCUT2D eigenvalue weighted by molar-refractivity contribution is 6.17. The van der Waals surface area contributed by atoms with Crippen molar-refractivity contribution >= 4 is 21.5 Å². The summed E-state index contributed by atoms with van der Waals surface area (Å²) in [5.74, 6) is -0.463. The fourth-order valence-corrected chi connectivity index (χ4v) is 3.72. The molecular formula is C18H17NO5. The van der Waals surface area contributed by atoms with Gasteiger partial charge in [-0.3, -0.25) is 14.6 Å². The first-order valence-electron chi connectivity index (χ1n) is 7.74. The van der Waals surface area contributed by atoms with E-state index in [-0.39, 0.29) is 27.7 Å². The van der Waals surface area contributed by atoms with E-state index in [9.17, 15) is 19.8 Å². The molecule has 0 spiro atoms. The maximum absolute atomic E-state index is 13.1. The van der Waals surface area contributed by atoms with Crippen molar-refractivity contribution in [1.29, 1.82) is 0 Å². The van der Waals surface area contributed by atoms with E-state index < -0.39 is 22.6 Å². The molecule has 4 rings (SSSR count). The van der Waals surface area contributed by atoms with Gasteiger partial charge in [0.2, 0.25) is 11.8 Å². The second kappa shape index (κ2) is 4.20. The Morgan fingerprint density at radius 3 is 2.38 bits per heavy atom. The molecule has 1 aliphatic rings. The molecule has 0 radical (unpaired) electrons. The predicted octanol–water partition coefficient (Wildman–Crippen LogP) is 2.26. The van der Waals surface area contributed by atoms with Gasteiger partial charge in [0.15, 0.2) is 10.9 Å². The number of H-pyrrole nitrogens is 1. The third kappa shape index (κ3) is 1.50. The van der Waals surface area contributed by atoms with Crippen LogP contribution >= 0.6 is 0 Å². The summed E-state index contributed by atoms with van der Waals surface area (Å²) < 4.78 is 5.98. The number of aryl methyl sites for hydroxylation is 1. The largest absolute Gasteiger partial charge is 0.494 e. The molecule has 6 nitrogen and oxygen atoms in total. The molecule has 1 aliphatic heterocycles. The highest BCUT2D eigenvalue weighted by atomic mass is 16.5. The number of rotatable bonds is 0. The molecule has 3 aromatic rings. The van der Waals surface area contributed by atoms with Crippen molar-refractivity contribution in [3.05, 3.63) is 37.6 Å². The summed E-state index contributed by atoms with van der Waals surface area (Å²) >= 11 is 0. The van der Waals surface area contributed by atoms with Crippen molar-refractivity contribution < 1.29 is 14.9 Å². The summed E-state index contributed by atoms with van der Waals surface area (Å²) in [6.45, 7) is 7.47. The maximum Gasteiger partial charge on any atom is 0.203 e. The Morgan fingerprint density at radius 1 is 1.08 bits per heavy atom. The van der Waals surface area contributed by atoms with Crippen LogP contribution < -0.4 is 15.6 Å². The van der Waals surface area contributed by atoms with Gasteiger partial charge in [-0.05, 0) is 25.5 Å². The molecule has 24 heavy (non-hydrogen) atoms. The van der Waals surface area contributed by atoms with Gasteiger partial charge in [-0.15, -0.1) is 0 Å². The van der Waals surface area contributed by atoms with Crippen LogP contribution in [0.25, 0.3) is 21.5 Å². The van der Waals surface area contributed by atoms with Crippen LogP contribution in [0.3, 0.4) is 0 Å². The van der Waals surface area contributed by atoms with Crippen LogP contribution in [0, 0.1) is 6.92 Å². The Kier molecular flexibility index (Phi) is 2.59. The Hall–Kier alpha value is -2.76. The lowest BCUT2D eigenvalue weighted by Gasteiger charge is -2.21. The first-order chi connectivity index (χ1) is 11.2. The van der Waals surface area contributed by atoms with Crippen molar-refractivity contribution in [3.63, 3.8) is 0 Å². The summed E-state index contributed by atoms with van der Waals surface area (Å²) in [4.78, 5) is 27.8. The highest BCUT2D eigenvalue weighted by Crippen LogP contribution is 2.48. The van der Waals surface area contributed by atoms with E-state index in [1.54, 1.807) is 6.92 Å². The summed E-state index contributed by atoms with van der Waals surface area (Å²) in [7, 11) is 0. The lowest BCUT2D eigenvalue weighted by atomic mass is 9.79. The molecule has 2 aromatic carbocycles. The number of nitrogens with one attached hydrogen (secondary N) is 1. The number of benzene rings is 2. The Morgan fingerprint density at radius 2 is 1.71 bits per heavy atom. The minimum Gasteiger partial charge on any atom is -0.494 e. The molecule has 0 amide bonds. The zero-order chi connectivity index (χ0) is 17.5. The van der Waals surface area contributed by atoms with Gasteiger partial charge >= 0.3 is 0 Å². The molecular weight excluding hydrogens is 310 g/mol. The third-order valence-corrected chi connectivity index (χ3v) is 5.31. The van der Waals surface area contributed by atoms with E-state index in [1.807, 2.05) is 20.8 Å². The van der Waals surface area contributed by atoms with E-state index in [4.69, 9.17) is 4.74 Å². The third-order valence-electron chi connectivity index (χ3n) is 5.31. The molecule has 2 heterocycles. The molecule has 0 unspecified atom stereocenters. The van der Waals surface area contributed by atoms with Crippen molar-refractivity contribution in [2.24, 2.45) is 0 Å². The van der Waals surface area contributed by atoms with E-state index >= 15 is 0 Å². The van der Waals surface area contributed by atoms with Gasteiger partial charge in [0.1, 0.15) is 11.9 Å². The minimum atomic E-state index is -0.538. The Bertz CT molecular complexity index is 1140. The fourth-order valence-electron chi connectivity index (χ4n) is 3.72. The molecule has 0 aliphatic carbocycles. The highest BCUT2D eigenvalue weighted by Gasteiger charge is 2.43. The molecule has 124 valence electrons.